The van der Waals surface area contributed by atoms with Gasteiger partial charge < -0.3 is 10.1 Å². The third kappa shape index (κ3) is 4.56. The van der Waals surface area contributed by atoms with Crippen LogP contribution in [0.15, 0.2) is 18.2 Å². The van der Waals surface area contributed by atoms with E-state index in [1.807, 2.05) is 12.3 Å². The molecular weight excluding hydrogens is 237 g/mol. The first-order chi connectivity index (χ1) is 8.28. The molecule has 94 valence electrons. The lowest BCUT2D eigenvalue weighted by molar-refractivity contribution is 0.341. The number of halogens is 1. The van der Waals surface area contributed by atoms with Crippen molar-refractivity contribution in [1.29, 1.82) is 0 Å². The van der Waals surface area contributed by atoms with Crippen molar-refractivity contribution in [2.45, 2.75) is 25.4 Å². The Bertz CT molecular complexity index is 368. The van der Waals surface area contributed by atoms with Gasteiger partial charge in [-0.25, -0.2) is 4.39 Å². The van der Waals surface area contributed by atoms with Crippen LogP contribution in [0.3, 0.4) is 0 Å². The molecule has 17 heavy (non-hydrogen) atoms. The van der Waals surface area contributed by atoms with Crippen LogP contribution in [0.25, 0.3) is 0 Å². The zero-order valence-electron chi connectivity index (χ0n) is 10.0. The molecule has 0 amide bonds. The van der Waals surface area contributed by atoms with E-state index in [1.165, 1.54) is 18.9 Å². The molecule has 0 radical (unpaired) electrons. The van der Waals surface area contributed by atoms with Crippen molar-refractivity contribution in [2.24, 2.45) is 0 Å². The summed E-state index contributed by atoms with van der Waals surface area (Å²) < 4.78 is 18.9. The molecule has 1 aliphatic carbocycles. The summed E-state index contributed by atoms with van der Waals surface area (Å²) in [6.45, 7) is 1.35. The van der Waals surface area contributed by atoms with Crippen LogP contribution < -0.4 is 10.1 Å². The van der Waals surface area contributed by atoms with Crippen LogP contribution in [0.5, 0.6) is 5.75 Å². The lowest BCUT2D eigenvalue weighted by Crippen LogP contribution is -2.15. The molecule has 0 atom stereocenters. The molecule has 4 heteroatoms. The van der Waals surface area contributed by atoms with Crippen LogP contribution in [0, 0.1) is 5.82 Å². The molecule has 1 fully saturated rings. The number of hydrogen-bond acceptors (Lipinski definition) is 3. The maximum atomic E-state index is 13.4. The lowest BCUT2D eigenvalue weighted by Gasteiger charge is -2.08. The second-order valence-corrected chi connectivity index (χ2v) is 5.28. The van der Waals surface area contributed by atoms with Gasteiger partial charge in [-0.15, -0.1) is 0 Å². The summed E-state index contributed by atoms with van der Waals surface area (Å²) in [5.41, 5.74) is 0.955. The van der Waals surface area contributed by atoms with E-state index in [2.05, 4.69) is 5.32 Å². The predicted octanol–water partition coefficient (Wildman–Crippen LogP) is 2.82. The van der Waals surface area contributed by atoms with Crippen molar-refractivity contribution in [1.82, 2.24) is 5.32 Å². The topological polar surface area (TPSA) is 21.3 Å². The fraction of sp³-hybridized carbons (Fsp3) is 0.538. The molecule has 1 N–H and O–H groups in total. The zero-order chi connectivity index (χ0) is 12.1. The molecule has 0 heterocycles. The van der Waals surface area contributed by atoms with Gasteiger partial charge in [-0.1, -0.05) is 0 Å². The first-order valence-electron chi connectivity index (χ1n) is 5.92. The zero-order valence-corrected chi connectivity index (χ0v) is 10.9. The third-order valence-corrected chi connectivity index (χ3v) is 3.23. The highest BCUT2D eigenvalue weighted by molar-refractivity contribution is 7.98. The maximum Gasteiger partial charge on any atom is 0.127 e. The monoisotopic (exact) mass is 255 g/mol. The smallest absolute Gasteiger partial charge is 0.127 e. The van der Waals surface area contributed by atoms with Gasteiger partial charge in [-0.2, -0.15) is 11.8 Å². The quantitative estimate of drug-likeness (QED) is 0.757. The van der Waals surface area contributed by atoms with Crippen molar-refractivity contribution in [3.63, 3.8) is 0 Å². The minimum Gasteiger partial charge on any atom is -0.493 e. The Balaban J connectivity index is 1.90. The van der Waals surface area contributed by atoms with Crippen LogP contribution in [0.4, 0.5) is 4.39 Å². The molecule has 1 saturated carbocycles. The van der Waals surface area contributed by atoms with Crippen molar-refractivity contribution in [3.8, 4) is 5.75 Å². The normalized spacial score (nSPS) is 14.9. The highest BCUT2D eigenvalue weighted by Gasteiger charge is 2.20. The third-order valence-electron chi connectivity index (χ3n) is 2.66. The Kier molecular flexibility index (Phi) is 4.68. The molecule has 0 aromatic heterocycles. The van der Waals surface area contributed by atoms with Crippen molar-refractivity contribution < 1.29 is 9.13 Å². The Morgan fingerprint density at radius 3 is 2.94 bits per heavy atom. The Morgan fingerprint density at radius 1 is 1.41 bits per heavy atom. The summed E-state index contributed by atoms with van der Waals surface area (Å²) in [6, 6.07) is 5.57. The molecule has 1 aromatic carbocycles. The van der Waals surface area contributed by atoms with E-state index in [1.54, 1.807) is 17.8 Å². The first-order valence-corrected chi connectivity index (χ1v) is 7.32. The highest BCUT2D eigenvalue weighted by atomic mass is 32.2. The van der Waals surface area contributed by atoms with Crippen LogP contribution in [-0.2, 0) is 6.54 Å². The summed E-state index contributed by atoms with van der Waals surface area (Å²) in [6.07, 6.45) is 4.51. The van der Waals surface area contributed by atoms with Gasteiger partial charge in [0.15, 0.2) is 0 Å². The minimum absolute atomic E-state index is 0.223. The van der Waals surface area contributed by atoms with E-state index in [0.717, 1.165) is 17.9 Å². The van der Waals surface area contributed by atoms with Gasteiger partial charge in [0.25, 0.3) is 0 Å². The second kappa shape index (κ2) is 6.26. The van der Waals surface area contributed by atoms with Gasteiger partial charge in [0, 0.05) is 24.4 Å². The molecule has 0 saturated heterocycles. The largest absolute Gasteiger partial charge is 0.493 e. The number of benzene rings is 1. The fourth-order valence-electron chi connectivity index (χ4n) is 1.60. The Labute approximate surface area is 106 Å². The van der Waals surface area contributed by atoms with E-state index < -0.39 is 0 Å². The lowest BCUT2D eigenvalue weighted by atomic mass is 10.2. The Morgan fingerprint density at radius 2 is 2.24 bits per heavy atom. The number of nitrogens with one attached hydrogen (secondary N) is 1. The molecule has 2 nitrogen and oxygen atoms in total. The number of hydrogen-bond donors (Lipinski definition) is 1. The average molecular weight is 255 g/mol. The SMILES string of the molecule is CSCCOc1cc(F)cc(CNC2CC2)c1. The van der Waals surface area contributed by atoms with Crippen LogP contribution >= 0.6 is 11.8 Å². The van der Waals surface area contributed by atoms with E-state index >= 15 is 0 Å². The standard InChI is InChI=1S/C13H18FNOS/c1-17-5-4-16-13-7-10(6-11(14)8-13)9-15-12-2-3-12/h6-8,12,15H,2-5,9H2,1H3. The summed E-state index contributed by atoms with van der Waals surface area (Å²) in [5, 5.41) is 3.37. The average Bonchev–Trinajstić information content (AvgIpc) is 3.10. The molecule has 2 rings (SSSR count). The van der Waals surface area contributed by atoms with Crippen molar-refractivity contribution in [2.75, 3.05) is 18.6 Å². The number of ether oxygens (including phenoxy) is 1. The van der Waals surface area contributed by atoms with Gasteiger partial charge in [-0.3, -0.25) is 0 Å². The van der Waals surface area contributed by atoms with Crippen molar-refractivity contribution >= 4 is 11.8 Å². The van der Waals surface area contributed by atoms with Crippen LogP contribution in [-0.4, -0.2) is 24.7 Å². The van der Waals surface area contributed by atoms with Gasteiger partial charge >= 0.3 is 0 Å². The fourth-order valence-corrected chi connectivity index (χ4v) is 1.85. The van der Waals surface area contributed by atoms with Gasteiger partial charge in [-0.05, 0) is 36.8 Å². The van der Waals surface area contributed by atoms with Gasteiger partial charge in [0.2, 0.25) is 0 Å². The van der Waals surface area contributed by atoms with E-state index in [0.29, 0.717) is 18.4 Å². The van der Waals surface area contributed by atoms with Crippen LogP contribution in [0.2, 0.25) is 0 Å². The molecule has 0 unspecified atom stereocenters. The van der Waals surface area contributed by atoms with Crippen molar-refractivity contribution in [3.05, 3.63) is 29.6 Å². The van der Waals surface area contributed by atoms with Gasteiger partial charge in [0.1, 0.15) is 11.6 Å². The predicted molar refractivity (Wildman–Crippen MR) is 70.1 cm³/mol. The molecular formula is C13H18FNOS. The summed E-state index contributed by atoms with van der Waals surface area (Å²) in [4.78, 5) is 0. The summed E-state index contributed by atoms with van der Waals surface area (Å²) >= 11 is 1.72. The number of thioether (sulfide) groups is 1. The molecule has 0 aliphatic heterocycles. The second-order valence-electron chi connectivity index (χ2n) is 4.29. The summed E-state index contributed by atoms with van der Waals surface area (Å²) in [7, 11) is 0. The number of rotatable bonds is 7. The van der Waals surface area contributed by atoms with Crippen LogP contribution in [0.1, 0.15) is 18.4 Å². The summed E-state index contributed by atoms with van der Waals surface area (Å²) in [5.74, 6) is 1.33. The molecule has 1 aliphatic rings. The van der Waals surface area contributed by atoms with Gasteiger partial charge in [0.05, 0.1) is 6.61 Å². The maximum absolute atomic E-state index is 13.4. The first kappa shape index (κ1) is 12.7. The minimum atomic E-state index is -0.223. The highest BCUT2D eigenvalue weighted by Crippen LogP contribution is 2.21. The molecule has 0 spiro atoms. The van der Waals surface area contributed by atoms with E-state index in [9.17, 15) is 4.39 Å². The van der Waals surface area contributed by atoms with E-state index in [-0.39, 0.29) is 5.82 Å². The Hall–Kier alpha value is -0.740. The molecule has 0 bridgehead atoms. The molecule has 1 aromatic rings. The van der Waals surface area contributed by atoms with E-state index in [4.69, 9.17) is 4.74 Å².